The Labute approximate surface area is 50.6 Å². The number of hydrogen-bond donors (Lipinski definition) is 1. The van der Waals surface area contributed by atoms with Crippen molar-refractivity contribution in [2.24, 2.45) is 4.99 Å². The van der Waals surface area contributed by atoms with Crippen LogP contribution >= 0.6 is 20.7 Å². The SMILES string of the molecule is O=C1NC=NC=I1. The van der Waals surface area contributed by atoms with Crippen LogP contribution in [-0.2, 0) is 0 Å². The van der Waals surface area contributed by atoms with Gasteiger partial charge < -0.3 is 5.32 Å². The zero-order valence-corrected chi connectivity index (χ0v) is 5.55. The van der Waals surface area contributed by atoms with Crippen LogP contribution in [0.25, 0.3) is 0 Å². The van der Waals surface area contributed by atoms with Crippen LogP contribution in [0.3, 0.4) is 0 Å². The molecule has 1 amide bonds. The summed E-state index contributed by atoms with van der Waals surface area (Å²) in [5.41, 5.74) is 0. The highest BCUT2D eigenvalue weighted by atomic mass is 127. The molecule has 0 saturated carbocycles. The topological polar surface area (TPSA) is 41.5 Å². The predicted molar refractivity (Wildman–Crippen MR) is 37.1 cm³/mol. The molecule has 0 aromatic carbocycles. The molecule has 0 unspecified atom stereocenters. The molecule has 1 N–H and O–H groups in total. The van der Waals surface area contributed by atoms with Gasteiger partial charge in [-0.25, -0.2) is 4.99 Å². The number of aliphatic imine (C=N–C) groups is 1. The van der Waals surface area contributed by atoms with Gasteiger partial charge in [0.2, 0.25) is 0 Å². The molecule has 0 aromatic heterocycles. The highest BCUT2D eigenvalue weighted by molar-refractivity contribution is 14.2. The minimum absolute atomic E-state index is 0.119. The van der Waals surface area contributed by atoms with E-state index in [0.29, 0.717) is 0 Å². The van der Waals surface area contributed by atoms with Gasteiger partial charge >= 0.3 is 0 Å². The van der Waals surface area contributed by atoms with E-state index in [4.69, 9.17) is 0 Å². The zero-order chi connectivity index (χ0) is 5.11. The summed E-state index contributed by atoms with van der Waals surface area (Å²) in [7, 11) is 0. The third-order valence-corrected chi connectivity index (χ3v) is 1.93. The number of amides is 1. The maximum atomic E-state index is 10.3. The Hall–Kier alpha value is -0.260. The molecule has 7 heavy (non-hydrogen) atoms. The van der Waals surface area contributed by atoms with Gasteiger partial charge in [-0.3, -0.25) is 4.79 Å². The first-order chi connectivity index (χ1) is 3.39. The lowest BCUT2D eigenvalue weighted by Crippen LogP contribution is -2.15. The third kappa shape index (κ3) is 1.34. The average molecular weight is 210 g/mol. The van der Waals surface area contributed by atoms with Crippen molar-refractivity contribution >= 4 is 35.1 Å². The van der Waals surface area contributed by atoms with Gasteiger partial charge in [-0.15, -0.1) is 0 Å². The molecule has 0 radical (unpaired) electrons. The summed E-state index contributed by atoms with van der Waals surface area (Å²) in [6.07, 6.45) is 1.41. The molecular formula is C3H3IN2O. The maximum absolute atomic E-state index is 10.3. The van der Waals surface area contributed by atoms with Crippen LogP contribution in [0.1, 0.15) is 0 Å². The van der Waals surface area contributed by atoms with Gasteiger partial charge in [0.15, 0.2) is 0 Å². The number of carbonyl (C=O) groups excluding carboxylic acids is 1. The van der Waals surface area contributed by atoms with Crippen molar-refractivity contribution in [1.82, 2.24) is 5.32 Å². The predicted octanol–water partition coefficient (Wildman–Crippen LogP) is 0.468. The first-order valence-electron chi connectivity index (χ1n) is 1.67. The molecule has 1 aliphatic heterocycles. The quantitative estimate of drug-likeness (QED) is 0.352. The first-order valence-corrected chi connectivity index (χ1v) is 3.99. The molecule has 0 aliphatic carbocycles. The second-order valence-corrected chi connectivity index (χ2v) is 3.06. The lowest BCUT2D eigenvalue weighted by Gasteiger charge is -1.91. The van der Waals surface area contributed by atoms with Gasteiger partial charge in [0.05, 0.1) is 10.5 Å². The monoisotopic (exact) mass is 210 g/mol. The molecule has 0 aromatic rings. The Kier molecular flexibility index (Phi) is 1.50. The van der Waals surface area contributed by atoms with Crippen molar-refractivity contribution in [3.8, 4) is 0 Å². The molecule has 0 spiro atoms. The lowest BCUT2D eigenvalue weighted by molar-refractivity contribution is 0.266. The Morgan fingerprint density at radius 2 is 2.71 bits per heavy atom. The molecule has 1 heterocycles. The smallest absolute Gasteiger partial charge is 0.281 e. The number of halogens is 1. The average Bonchev–Trinajstić information content (AvgIpc) is 1.69. The van der Waals surface area contributed by atoms with Crippen molar-refractivity contribution in [1.29, 1.82) is 0 Å². The first kappa shape index (κ1) is 4.89. The molecule has 0 atom stereocenters. The fourth-order valence-corrected chi connectivity index (χ4v) is 1.11. The fraction of sp³-hybridized carbons (Fsp3) is 0. The van der Waals surface area contributed by atoms with E-state index in [-0.39, 0.29) is 3.91 Å². The highest BCUT2D eigenvalue weighted by Gasteiger charge is 1.91. The molecule has 0 fully saturated rings. The van der Waals surface area contributed by atoms with Crippen LogP contribution in [0, 0.1) is 0 Å². The van der Waals surface area contributed by atoms with Crippen LogP contribution in [0.4, 0.5) is 4.79 Å². The van der Waals surface area contributed by atoms with E-state index in [1.165, 1.54) is 6.34 Å². The van der Waals surface area contributed by atoms with Gasteiger partial charge in [-0.1, -0.05) is 0 Å². The lowest BCUT2D eigenvalue weighted by atomic mass is 11.1. The second-order valence-electron chi connectivity index (χ2n) is 0.903. The van der Waals surface area contributed by atoms with E-state index >= 15 is 0 Å². The standard InChI is InChI=1S/C3H3IN2O/c7-3-4-1-5-2-6-3/h1-2H,(H,5,6,7). The maximum Gasteiger partial charge on any atom is 0.281 e. The van der Waals surface area contributed by atoms with Crippen LogP contribution in [0.2, 0.25) is 0 Å². The largest absolute Gasteiger partial charge is 0.308 e. The van der Waals surface area contributed by atoms with Crippen LogP contribution in [0.15, 0.2) is 4.99 Å². The molecule has 1 aliphatic rings. The number of rotatable bonds is 0. The van der Waals surface area contributed by atoms with Crippen molar-refractivity contribution < 1.29 is 4.79 Å². The molecular weight excluding hydrogens is 207 g/mol. The second kappa shape index (κ2) is 2.15. The van der Waals surface area contributed by atoms with Crippen LogP contribution < -0.4 is 5.32 Å². The van der Waals surface area contributed by atoms with E-state index < -0.39 is 20.7 Å². The summed E-state index contributed by atoms with van der Waals surface area (Å²) in [6, 6.07) is 0. The minimum atomic E-state index is -0.421. The van der Waals surface area contributed by atoms with E-state index in [0.717, 1.165) is 0 Å². The Balaban J connectivity index is 2.66. The minimum Gasteiger partial charge on any atom is -0.308 e. The Morgan fingerprint density at radius 3 is 3.00 bits per heavy atom. The fourth-order valence-electron chi connectivity index (χ4n) is 0.220. The molecule has 38 valence electrons. The van der Waals surface area contributed by atoms with Gasteiger partial charge in [0.1, 0.15) is 0 Å². The van der Waals surface area contributed by atoms with Gasteiger partial charge in [0, 0.05) is 20.7 Å². The summed E-state index contributed by atoms with van der Waals surface area (Å²) in [5.74, 6) is 0. The van der Waals surface area contributed by atoms with Crippen molar-refractivity contribution in [3.63, 3.8) is 0 Å². The molecule has 3 nitrogen and oxygen atoms in total. The van der Waals surface area contributed by atoms with Crippen LogP contribution in [-0.4, -0.2) is 14.4 Å². The highest BCUT2D eigenvalue weighted by Crippen LogP contribution is 1.96. The summed E-state index contributed by atoms with van der Waals surface area (Å²) >= 11 is -0.421. The molecule has 4 heteroatoms. The number of carbonyl (C=O) groups is 1. The van der Waals surface area contributed by atoms with E-state index in [2.05, 4.69) is 10.3 Å². The molecule has 0 bridgehead atoms. The van der Waals surface area contributed by atoms with Gasteiger partial charge in [-0.2, -0.15) is 0 Å². The summed E-state index contributed by atoms with van der Waals surface area (Å²) in [4.78, 5) is 14.0. The number of hydrogen-bond acceptors (Lipinski definition) is 2. The Morgan fingerprint density at radius 1 is 1.86 bits per heavy atom. The number of nitrogens with zero attached hydrogens (tertiary/aromatic N) is 1. The Bertz CT molecular complexity index is 140. The summed E-state index contributed by atoms with van der Waals surface area (Å²) < 4.78 is 1.80. The van der Waals surface area contributed by atoms with Crippen molar-refractivity contribution in [2.45, 2.75) is 0 Å². The van der Waals surface area contributed by atoms with E-state index in [1.807, 2.05) is 0 Å². The van der Waals surface area contributed by atoms with E-state index in [1.54, 1.807) is 4.14 Å². The summed E-state index contributed by atoms with van der Waals surface area (Å²) in [5, 5.41) is 2.47. The van der Waals surface area contributed by atoms with Gasteiger partial charge in [-0.05, 0) is 0 Å². The molecule has 1 rings (SSSR count). The molecule has 0 saturated heterocycles. The van der Waals surface area contributed by atoms with Crippen LogP contribution in [0.5, 0.6) is 0 Å². The number of nitrogens with one attached hydrogen (secondary N) is 1. The zero-order valence-electron chi connectivity index (χ0n) is 3.39. The summed E-state index contributed by atoms with van der Waals surface area (Å²) in [6.45, 7) is 0. The van der Waals surface area contributed by atoms with Crippen molar-refractivity contribution in [2.75, 3.05) is 0 Å². The van der Waals surface area contributed by atoms with Crippen molar-refractivity contribution in [3.05, 3.63) is 0 Å². The van der Waals surface area contributed by atoms with Gasteiger partial charge in [0.25, 0.3) is 3.91 Å². The third-order valence-electron chi connectivity index (χ3n) is 0.457. The van der Waals surface area contributed by atoms with E-state index in [9.17, 15) is 4.79 Å². The normalized spacial score (nSPS) is 18.0.